The zero-order chi connectivity index (χ0) is 24.7. The number of H-pyrrole nitrogens is 1. The van der Waals surface area contributed by atoms with Crippen LogP contribution in [-0.2, 0) is 4.79 Å². The first-order chi connectivity index (χ1) is 16.8. The van der Waals surface area contributed by atoms with E-state index in [0.29, 0.717) is 9.79 Å². The molecule has 9 heteroatoms. The molecule has 3 aliphatic heterocycles. The number of aryl methyl sites for hydroxylation is 2. The normalized spacial score (nSPS) is 15.3. The monoisotopic (exact) mass is 488 g/mol. The molecule has 1 fully saturated rings. The van der Waals surface area contributed by atoms with Crippen LogP contribution >= 0.6 is 11.3 Å². The number of carbonyl (C=O) groups excluding carboxylic acids is 1. The molecule has 4 heterocycles. The predicted octanol–water partition coefficient (Wildman–Crippen LogP) is 1.88. The Kier molecular flexibility index (Phi) is 6.02. The van der Waals surface area contributed by atoms with Gasteiger partial charge in [-0.15, -0.1) is 0 Å². The van der Waals surface area contributed by atoms with E-state index in [9.17, 15) is 9.59 Å². The van der Waals surface area contributed by atoms with E-state index in [4.69, 9.17) is 5.41 Å². The second-order valence-electron chi connectivity index (χ2n) is 9.05. The molecule has 5 rings (SSSR count). The zero-order valence-corrected chi connectivity index (χ0v) is 20.9. The van der Waals surface area contributed by atoms with Crippen LogP contribution in [0.25, 0.3) is 23.0 Å². The SMILES string of the molecule is Cc1ccc(-n2c(C)cc(/C=c3/c(=O)nc4s/c(=C/C(=O)N5CCCCC5)[nH]n-4c3=N)c2C)cc1. The summed E-state index contributed by atoms with van der Waals surface area (Å²) in [6.07, 6.45) is 6.45. The van der Waals surface area contributed by atoms with E-state index in [1.54, 1.807) is 6.08 Å². The van der Waals surface area contributed by atoms with Crippen molar-refractivity contribution in [3.05, 3.63) is 78.6 Å². The number of benzene rings is 1. The molecule has 1 saturated heterocycles. The van der Waals surface area contributed by atoms with Crippen molar-refractivity contribution in [3.63, 3.8) is 0 Å². The van der Waals surface area contributed by atoms with E-state index in [2.05, 4.69) is 45.8 Å². The van der Waals surface area contributed by atoms with Gasteiger partial charge in [0.05, 0.1) is 5.22 Å². The average molecular weight is 489 g/mol. The fourth-order valence-electron chi connectivity index (χ4n) is 4.61. The van der Waals surface area contributed by atoms with Gasteiger partial charge >= 0.3 is 0 Å². The lowest BCUT2D eigenvalue weighted by molar-refractivity contribution is -0.125. The summed E-state index contributed by atoms with van der Waals surface area (Å²) in [7, 11) is 0. The summed E-state index contributed by atoms with van der Waals surface area (Å²) in [5, 5.41) is 12.3. The molecule has 35 heavy (non-hydrogen) atoms. The molecular weight excluding hydrogens is 460 g/mol. The van der Waals surface area contributed by atoms with Gasteiger partial charge < -0.3 is 9.47 Å². The van der Waals surface area contributed by atoms with Crippen LogP contribution in [0.5, 0.6) is 0 Å². The van der Waals surface area contributed by atoms with Gasteiger partial charge in [-0.3, -0.25) is 20.1 Å². The lowest BCUT2D eigenvalue weighted by atomic mass is 10.1. The summed E-state index contributed by atoms with van der Waals surface area (Å²) < 4.78 is 4.16. The molecule has 3 aliphatic rings. The number of aromatic amines is 1. The van der Waals surface area contributed by atoms with Crippen molar-refractivity contribution in [2.24, 2.45) is 0 Å². The van der Waals surface area contributed by atoms with Crippen molar-refractivity contribution >= 4 is 29.4 Å². The number of hydrogen-bond donors (Lipinski definition) is 2. The van der Waals surface area contributed by atoms with Gasteiger partial charge in [-0.25, -0.2) is 4.68 Å². The Bertz CT molecular complexity index is 1610. The van der Waals surface area contributed by atoms with Crippen LogP contribution in [0.15, 0.2) is 35.1 Å². The van der Waals surface area contributed by atoms with Crippen LogP contribution in [0, 0.1) is 26.2 Å². The fourth-order valence-corrected chi connectivity index (χ4v) is 5.46. The molecule has 8 nitrogen and oxygen atoms in total. The molecule has 1 amide bonds. The Labute approximate surface area is 206 Å². The number of hydrogen-bond acceptors (Lipinski definition) is 5. The average Bonchev–Trinajstić information content (AvgIpc) is 3.37. The largest absolute Gasteiger partial charge is 0.339 e. The van der Waals surface area contributed by atoms with Crippen molar-refractivity contribution in [3.8, 4) is 10.8 Å². The van der Waals surface area contributed by atoms with Crippen LogP contribution in [-0.4, -0.2) is 43.2 Å². The van der Waals surface area contributed by atoms with Gasteiger partial charge in [0.15, 0.2) is 5.49 Å². The number of nitrogens with one attached hydrogen (secondary N) is 2. The molecule has 0 spiro atoms. The maximum absolute atomic E-state index is 12.9. The molecule has 0 atom stereocenters. The van der Waals surface area contributed by atoms with Crippen molar-refractivity contribution in [2.45, 2.75) is 40.0 Å². The van der Waals surface area contributed by atoms with Crippen LogP contribution in [0.4, 0.5) is 0 Å². The van der Waals surface area contributed by atoms with E-state index >= 15 is 0 Å². The quantitative estimate of drug-likeness (QED) is 0.461. The Morgan fingerprint density at radius 2 is 1.83 bits per heavy atom. The number of piperidine rings is 1. The number of aromatic nitrogens is 4. The van der Waals surface area contributed by atoms with E-state index in [1.807, 2.05) is 24.8 Å². The molecule has 1 aromatic carbocycles. The molecule has 0 aliphatic carbocycles. The van der Waals surface area contributed by atoms with Crippen molar-refractivity contribution in [2.75, 3.05) is 13.1 Å². The topological polar surface area (TPSA) is 99.8 Å². The molecule has 0 bridgehead atoms. The number of amides is 1. The number of carbonyl (C=O) groups is 1. The number of rotatable bonds is 3. The number of likely N-dealkylation sites (tertiary alicyclic amines) is 1. The van der Waals surface area contributed by atoms with Crippen LogP contribution < -0.4 is 20.9 Å². The Hall–Kier alpha value is -3.72. The summed E-state index contributed by atoms with van der Waals surface area (Å²) in [6.45, 7) is 7.61. The van der Waals surface area contributed by atoms with E-state index in [0.717, 1.165) is 55.0 Å². The molecule has 180 valence electrons. The van der Waals surface area contributed by atoms with Gasteiger partial charge in [0.2, 0.25) is 11.0 Å². The number of nitrogens with zero attached hydrogens (tertiary/aromatic N) is 4. The standard InChI is InChI=1S/C26H28N6O2S/c1-16-7-9-20(10-8-16)31-17(2)13-19(18(31)3)14-21-24(27)32-26(28-25(21)34)35-22(29-32)15-23(33)30-11-5-4-6-12-30/h7-10,13-15,27,29H,4-6,11-12H2,1-3H3/b21-14+,22-15+,27-24?. The minimum Gasteiger partial charge on any atom is -0.339 e. The summed E-state index contributed by atoms with van der Waals surface area (Å²) in [4.78, 5) is 31.5. The van der Waals surface area contributed by atoms with E-state index in [1.165, 1.54) is 27.7 Å². The van der Waals surface area contributed by atoms with Crippen LogP contribution in [0.2, 0.25) is 0 Å². The summed E-state index contributed by atoms with van der Waals surface area (Å²) >= 11 is 1.20. The second-order valence-corrected chi connectivity index (χ2v) is 10.1. The third kappa shape index (κ3) is 4.39. The minimum atomic E-state index is -0.459. The highest BCUT2D eigenvalue weighted by Gasteiger charge is 2.16. The lowest BCUT2D eigenvalue weighted by Crippen LogP contribution is -2.47. The highest BCUT2D eigenvalue weighted by molar-refractivity contribution is 7.11. The predicted molar refractivity (Wildman–Crippen MR) is 137 cm³/mol. The first-order valence-corrected chi connectivity index (χ1v) is 12.6. The van der Waals surface area contributed by atoms with Gasteiger partial charge in [-0.2, -0.15) is 4.98 Å². The minimum absolute atomic E-state index is 0.0152. The van der Waals surface area contributed by atoms with Crippen molar-refractivity contribution in [1.82, 2.24) is 24.2 Å². The lowest BCUT2D eigenvalue weighted by Gasteiger charge is -2.25. The molecule has 2 aromatic rings. The van der Waals surface area contributed by atoms with Crippen LogP contribution in [0.1, 0.15) is 41.8 Å². The van der Waals surface area contributed by atoms with E-state index < -0.39 is 5.56 Å². The van der Waals surface area contributed by atoms with Gasteiger partial charge in [0.25, 0.3) is 5.56 Å². The first-order valence-electron chi connectivity index (χ1n) is 11.8. The molecule has 0 radical (unpaired) electrons. The summed E-state index contributed by atoms with van der Waals surface area (Å²) in [6, 6.07) is 10.3. The van der Waals surface area contributed by atoms with Gasteiger partial charge in [0.1, 0.15) is 4.66 Å². The van der Waals surface area contributed by atoms with Gasteiger partial charge in [-0.1, -0.05) is 29.0 Å². The molecule has 0 unspecified atom stereocenters. The molecule has 0 saturated carbocycles. The Morgan fingerprint density at radius 1 is 1.11 bits per heavy atom. The van der Waals surface area contributed by atoms with Gasteiger partial charge in [0, 0.05) is 36.2 Å². The Balaban J connectivity index is 1.58. The summed E-state index contributed by atoms with van der Waals surface area (Å²) in [5.74, 6) is -0.0580. The summed E-state index contributed by atoms with van der Waals surface area (Å²) in [5.41, 5.74) is 4.67. The maximum atomic E-state index is 12.9. The van der Waals surface area contributed by atoms with Crippen molar-refractivity contribution < 1.29 is 4.79 Å². The smallest absolute Gasteiger partial charge is 0.283 e. The molecule has 2 N–H and O–H groups in total. The van der Waals surface area contributed by atoms with Gasteiger partial charge in [-0.05, 0) is 69.9 Å². The van der Waals surface area contributed by atoms with Crippen molar-refractivity contribution in [1.29, 1.82) is 5.41 Å². The highest BCUT2D eigenvalue weighted by Crippen LogP contribution is 2.21. The number of fused-ring (bicyclic) bond motifs is 1. The van der Waals surface area contributed by atoms with E-state index in [-0.39, 0.29) is 16.6 Å². The highest BCUT2D eigenvalue weighted by atomic mass is 32.1. The first kappa shape index (κ1) is 23.0. The maximum Gasteiger partial charge on any atom is 0.283 e. The third-order valence-electron chi connectivity index (χ3n) is 6.51. The Morgan fingerprint density at radius 3 is 2.54 bits per heavy atom. The molecular formula is C26H28N6O2S. The fraction of sp³-hybridized carbons (Fsp3) is 0.308. The van der Waals surface area contributed by atoms with Crippen LogP contribution in [0.3, 0.4) is 0 Å². The third-order valence-corrected chi connectivity index (χ3v) is 7.39. The second kappa shape index (κ2) is 9.14. The molecule has 1 aromatic heterocycles. The zero-order valence-electron chi connectivity index (χ0n) is 20.1.